The number of hydrogen-bond donors (Lipinski definition) is 1. The Balaban J connectivity index is 2.22. The van der Waals surface area contributed by atoms with E-state index in [4.69, 9.17) is 4.74 Å². The van der Waals surface area contributed by atoms with Gasteiger partial charge in [-0.1, -0.05) is 18.2 Å². The summed E-state index contributed by atoms with van der Waals surface area (Å²) in [5.41, 5.74) is 0.693. The minimum absolute atomic E-state index is 0.0397. The molecule has 0 spiro atoms. The molecule has 0 aromatic heterocycles. The zero-order chi connectivity index (χ0) is 14.5. The van der Waals surface area contributed by atoms with Crippen LogP contribution in [-0.4, -0.2) is 18.0 Å². The third-order valence-corrected chi connectivity index (χ3v) is 2.78. The van der Waals surface area contributed by atoms with Crippen LogP contribution in [0, 0.1) is 5.82 Å². The fraction of sp³-hybridized carbons (Fsp3) is 0.0625. The summed E-state index contributed by atoms with van der Waals surface area (Å²) in [5.74, 6) is -0.510. The predicted octanol–water partition coefficient (Wildman–Crippen LogP) is 3.44. The van der Waals surface area contributed by atoms with Crippen LogP contribution < -0.4 is 4.74 Å². The fourth-order valence-electron chi connectivity index (χ4n) is 1.70. The molecule has 0 aliphatic heterocycles. The number of aromatic hydroxyl groups is 1. The Bertz CT molecular complexity index is 663. The highest BCUT2D eigenvalue weighted by Crippen LogP contribution is 2.26. The summed E-state index contributed by atoms with van der Waals surface area (Å²) in [4.78, 5) is 12.0. The molecule has 2 aromatic rings. The van der Waals surface area contributed by atoms with Crippen LogP contribution in [0.5, 0.6) is 11.5 Å². The van der Waals surface area contributed by atoms with Crippen molar-refractivity contribution < 1.29 is 19.0 Å². The highest BCUT2D eigenvalue weighted by molar-refractivity contribution is 6.07. The van der Waals surface area contributed by atoms with Crippen LogP contribution in [0.3, 0.4) is 0 Å². The van der Waals surface area contributed by atoms with Gasteiger partial charge in [-0.2, -0.15) is 0 Å². The molecule has 0 amide bonds. The van der Waals surface area contributed by atoms with Crippen LogP contribution in [0.25, 0.3) is 6.08 Å². The molecule has 2 aromatic carbocycles. The van der Waals surface area contributed by atoms with E-state index < -0.39 is 0 Å². The van der Waals surface area contributed by atoms with Crippen molar-refractivity contribution in [2.45, 2.75) is 0 Å². The molecule has 4 heteroatoms. The second-order valence-electron chi connectivity index (χ2n) is 4.11. The number of ketones is 1. The number of rotatable bonds is 4. The first kappa shape index (κ1) is 13.8. The van der Waals surface area contributed by atoms with E-state index in [1.165, 1.54) is 43.5 Å². The lowest BCUT2D eigenvalue weighted by Gasteiger charge is -2.04. The van der Waals surface area contributed by atoms with Crippen molar-refractivity contribution in [3.8, 4) is 11.5 Å². The van der Waals surface area contributed by atoms with Gasteiger partial charge in [0.25, 0.3) is 0 Å². The van der Waals surface area contributed by atoms with Crippen molar-refractivity contribution in [1.29, 1.82) is 0 Å². The Hall–Kier alpha value is -2.62. The minimum Gasteiger partial charge on any atom is -0.504 e. The van der Waals surface area contributed by atoms with Gasteiger partial charge >= 0.3 is 0 Å². The van der Waals surface area contributed by atoms with Gasteiger partial charge in [0.05, 0.1) is 7.11 Å². The molecule has 0 atom stereocenters. The molecule has 0 saturated carbocycles. The van der Waals surface area contributed by atoms with Gasteiger partial charge in [0, 0.05) is 11.1 Å². The lowest BCUT2D eigenvalue weighted by atomic mass is 10.1. The SMILES string of the molecule is COc1cc(C(=O)C=Cc2ccccc2F)ccc1O. The highest BCUT2D eigenvalue weighted by atomic mass is 19.1. The molecule has 102 valence electrons. The molecule has 0 fully saturated rings. The van der Waals surface area contributed by atoms with Crippen molar-refractivity contribution in [2.75, 3.05) is 7.11 Å². The highest BCUT2D eigenvalue weighted by Gasteiger charge is 2.07. The van der Waals surface area contributed by atoms with Crippen LogP contribution in [0.15, 0.2) is 48.5 Å². The van der Waals surface area contributed by atoms with Crippen molar-refractivity contribution in [2.24, 2.45) is 0 Å². The predicted molar refractivity (Wildman–Crippen MR) is 74.4 cm³/mol. The molecule has 0 unspecified atom stereocenters. The van der Waals surface area contributed by atoms with E-state index >= 15 is 0 Å². The number of benzene rings is 2. The first-order valence-corrected chi connectivity index (χ1v) is 5.96. The molecule has 1 N–H and O–H groups in total. The van der Waals surface area contributed by atoms with Crippen LogP contribution in [-0.2, 0) is 0 Å². The topological polar surface area (TPSA) is 46.5 Å². The smallest absolute Gasteiger partial charge is 0.185 e. The van der Waals surface area contributed by atoms with Crippen LogP contribution in [0.4, 0.5) is 4.39 Å². The number of carbonyl (C=O) groups excluding carboxylic acids is 1. The quantitative estimate of drug-likeness (QED) is 0.685. The van der Waals surface area contributed by atoms with Crippen molar-refractivity contribution in [3.63, 3.8) is 0 Å². The zero-order valence-corrected chi connectivity index (χ0v) is 10.8. The summed E-state index contributed by atoms with van der Waals surface area (Å²) >= 11 is 0. The molecule has 2 rings (SSSR count). The zero-order valence-electron chi connectivity index (χ0n) is 10.8. The van der Waals surface area contributed by atoms with Gasteiger partial charge in [0.1, 0.15) is 5.82 Å². The van der Waals surface area contributed by atoms with Gasteiger partial charge in [-0.15, -0.1) is 0 Å². The number of allylic oxidation sites excluding steroid dienone is 1. The maximum Gasteiger partial charge on any atom is 0.185 e. The average Bonchev–Trinajstić information content (AvgIpc) is 2.46. The molecule has 3 nitrogen and oxygen atoms in total. The van der Waals surface area contributed by atoms with Crippen molar-refractivity contribution in [1.82, 2.24) is 0 Å². The van der Waals surface area contributed by atoms with Gasteiger partial charge in [-0.3, -0.25) is 4.79 Å². The Morgan fingerprint density at radius 3 is 2.70 bits per heavy atom. The van der Waals surface area contributed by atoms with Gasteiger partial charge in [-0.05, 0) is 36.4 Å². The molecule has 0 aliphatic rings. The van der Waals surface area contributed by atoms with Crippen LogP contribution in [0.2, 0.25) is 0 Å². The number of phenols is 1. The summed E-state index contributed by atoms with van der Waals surface area (Å²) in [6.45, 7) is 0. The summed E-state index contributed by atoms with van der Waals surface area (Å²) < 4.78 is 18.3. The monoisotopic (exact) mass is 272 g/mol. The van der Waals surface area contributed by atoms with E-state index in [0.717, 1.165) is 0 Å². The van der Waals surface area contributed by atoms with Gasteiger partial charge < -0.3 is 9.84 Å². The summed E-state index contributed by atoms with van der Waals surface area (Å²) in [7, 11) is 1.40. The molecular formula is C16H13FO3. The van der Waals surface area contributed by atoms with Gasteiger partial charge in [0.15, 0.2) is 17.3 Å². The lowest BCUT2D eigenvalue weighted by Crippen LogP contribution is -1.95. The van der Waals surface area contributed by atoms with E-state index in [9.17, 15) is 14.3 Å². The maximum atomic E-state index is 13.4. The second kappa shape index (κ2) is 6.02. The maximum absolute atomic E-state index is 13.4. The third kappa shape index (κ3) is 3.03. The molecule has 0 saturated heterocycles. The lowest BCUT2D eigenvalue weighted by molar-refractivity contribution is 0.104. The molecule has 0 bridgehead atoms. The first-order chi connectivity index (χ1) is 9.61. The van der Waals surface area contributed by atoms with E-state index in [-0.39, 0.29) is 23.1 Å². The van der Waals surface area contributed by atoms with Gasteiger partial charge in [0.2, 0.25) is 0 Å². The fourth-order valence-corrected chi connectivity index (χ4v) is 1.70. The Kier molecular flexibility index (Phi) is 4.15. The van der Waals surface area contributed by atoms with Crippen LogP contribution >= 0.6 is 0 Å². The van der Waals surface area contributed by atoms with Crippen LogP contribution in [0.1, 0.15) is 15.9 Å². The number of hydrogen-bond acceptors (Lipinski definition) is 3. The third-order valence-electron chi connectivity index (χ3n) is 2.78. The first-order valence-electron chi connectivity index (χ1n) is 5.96. The van der Waals surface area contributed by atoms with Crippen molar-refractivity contribution >= 4 is 11.9 Å². The minimum atomic E-state index is -0.389. The molecule has 0 heterocycles. The average molecular weight is 272 g/mol. The van der Waals surface area contributed by atoms with Gasteiger partial charge in [-0.25, -0.2) is 4.39 Å². The summed E-state index contributed by atoms with van der Waals surface area (Å²) in [6.07, 6.45) is 2.70. The molecule has 0 aliphatic carbocycles. The van der Waals surface area contributed by atoms with E-state index in [1.54, 1.807) is 18.2 Å². The van der Waals surface area contributed by atoms with E-state index in [2.05, 4.69) is 0 Å². The summed E-state index contributed by atoms with van der Waals surface area (Å²) in [5, 5.41) is 9.46. The van der Waals surface area contributed by atoms with E-state index in [0.29, 0.717) is 11.1 Å². The van der Waals surface area contributed by atoms with Crippen molar-refractivity contribution in [3.05, 3.63) is 65.5 Å². The standard InChI is InChI=1S/C16H13FO3/c1-20-16-10-12(7-9-15(16)19)14(18)8-6-11-4-2-3-5-13(11)17/h2-10,19H,1H3. The van der Waals surface area contributed by atoms with E-state index in [1.807, 2.05) is 0 Å². The number of phenolic OH excluding ortho intramolecular Hbond substituents is 1. The number of carbonyl (C=O) groups is 1. The Morgan fingerprint density at radius 1 is 1.25 bits per heavy atom. The summed E-state index contributed by atoms with van der Waals surface area (Å²) in [6, 6.07) is 10.5. The molecule has 0 radical (unpaired) electrons. The number of ether oxygens (including phenoxy) is 1. The molecular weight excluding hydrogens is 259 g/mol. The second-order valence-corrected chi connectivity index (χ2v) is 4.11. The number of methoxy groups -OCH3 is 1. The normalized spacial score (nSPS) is 10.7. The Morgan fingerprint density at radius 2 is 2.00 bits per heavy atom. The Labute approximate surface area is 115 Å². The number of halogens is 1. The molecule has 20 heavy (non-hydrogen) atoms. The largest absolute Gasteiger partial charge is 0.504 e.